The number of β-amino-alcohol motifs (C(OH)–C–C–N with tert-alkyl or cyclic N) is 1. The van der Waals surface area contributed by atoms with Gasteiger partial charge in [0.05, 0.1) is 35.8 Å². The molecule has 4 rings (SSSR count). The van der Waals surface area contributed by atoms with Gasteiger partial charge in [-0.1, -0.05) is 30.3 Å². The SMILES string of the molecule is O=C1c2cccc([N+](=O)[O-])c2C(=O)N1C[C@@H](O)CO[C@@H]1CCCc2ccccc21. The van der Waals surface area contributed by atoms with E-state index in [4.69, 9.17) is 4.74 Å². The normalized spacial score (nSPS) is 19.1. The summed E-state index contributed by atoms with van der Waals surface area (Å²) in [6.45, 7) is -0.327. The average molecular weight is 396 g/mol. The number of hydrogen-bond donors (Lipinski definition) is 1. The number of aliphatic hydroxyl groups is 1. The Bertz CT molecular complexity index is 989. The molecule has 2 aromatic carbocycles. The van der Waals surface area contributed by atoms with Crippen molar-refractivity contribution in [3.05, 3.63) is 74.8 Å². The molecular formula is C21H20N2O6. The number of benzene rings is 2. The Balaban J connectivity index is 1.43. The van der Waals surface area contributed by atoms with Gasteiger partial charge < -0.3 is 9.84 Å². The summed E-state index contributed by atoms with van der Waals surface area (Å²) in [7, 11) is 0. The maximum absolute atomic E-state index is 12.6. The van der Waals surface area contributed by atoms with Crippen LogP contribution in [0.2, 0.25) is 0 Å². The molecule has 0 aromatic heterocycles. The lowest BCUT2D eigenvalue weighted by Gasteiger charge is -2.27. The Morgan fingerprint density at radius 2 is 1.97 bits per heavy atom. The molecule has 1 N–H and O–H groups in total. The van der Waals surface area contributed by atoms with Gasteiger partial charge in [-0.25, -0.2) is 0 Å². The fraction of sp³-hybridized carbons (Fsp3) is 0.333. The fourth-order valence-corrected chi connectivity index (χ4v) is 4.01. The van der Waals surface area contributed by atoms with Gasteiger partial charge in [0.25, 0.3) is 17.5 Å². The summed E-state index contributed by atoms with van der Waals surface area (Å²) >= 11 is 0. The lowest BCUT2D eigenvalue weighted by atomic mass is 9.89. The van der Waals surface area contributed by atoms with Crippen LogP contribution in [0, 0.1) is 10.1 Å². The van der Waals surface area contributed by atoms with E-state index in [2.05, 4.69) is 6.07 Å². The largest absolute Gasteiger partial charge is 0.389 e. The zero-order chi connectivity index (χ0) is 20.5. The molecule has 8 heteroatoms. The van der Waals surface area contributed by atoms with Crippen molar-refractivity contribution in [3.63, 3.8) is 0 Å². The van der Waals surface area contributed by atoms with Crippen LogP contribution in [-0.4, -0.2) is 46.0 Å². The lowest BCUT2D eigenvalue weighted by molar-refractivity contribution is -0.385. The van der Waals surface area contributed by atoms with Gasteiger partial charge in [0.2, 0.25) is 0 Å². The summed E-state index contributed by atoms with van der Waals surface area (Å²) in [5.74, 6) is -1.41. The maximum atomic E-state index is 12.6. The van der Waals surface area contributed by atoms with Gasteiger partial charge in [0.15, 0.2) is 0 Å². The van der Waals surface area contributed by atoms with Crippen molar-refractivity contribution in [2.45, 2.75) is 31.5 Å². The second kappa shape index (κ2) is 7.73. The minimum absolute atomic E-state index is 0.0153. The first-order valence-corrected chi connectivity index (χ1v) is 9.48. The van der Waals surface area contributed by atoms with Gasteiger partial charge in [-0.3, -0.25) is 24.6 Å². The molecule has 0 spiro atoms. The quantitative estimate of drug-likeness (QED) is 0.457. The van der Waals surface area contributed by atoms with Gasteiger partial charge >= 0.3 is 0 Å². The zero-order valence-corrected chi connectivity index (χ0v) is 15.6. The number of ether oxygens (including phenoxy) is 1. The highest BCUT2D eigenvalue weighted by atomic mass is 16.6. The average Bonchev–Trinajstić information content (AvgIpc) is 2.97. The molecule has 2 atom stereocenters. The van der Waals surface area contributed by atoms with E-state index in [1.165, 1.54) is 23.8 Å². The minimum atomic E-state index is -1.09. The minimum Gasteiger partial charge on any atom is -0.389 e. The lowest BCUT2D eigenvalue weighted by Crippen LogP contribution is -2.39. The van der Waals surface area contributed by atoms with E-state index in [1.54, 1.807) is 0 Å². The number of nitro benzene ring substituents is 1. The predicted molar refractivity (Wildman–Crippen MR) is 103 cm³/mol. The first-order valence-electron chi connectivity index (χ1n) is 9.48. The van der Waals surface area contributed by atoms with E-state index in [0.717, 1.165) is 29.7 Å². The highest BCUT2D eigenvalue weighted by Crippen LogP contribution is 2.33. The standard InChI is InChI=1S/C21H20N2O6/c24-14(12-29-18-10-3-6-13-5-1-2-7-15(13)18)11-22-20(25)16-8-4-9-17(23(27)28)19(16)21(22)26/h1-2,4-5,7-9,14,18,24H,3,6,10-12H2/t14-,18-/m1/s1. The highest BCUT2D eigenvalue weighted by Gasteiger charge is 2.41. The molecule has 29 heavy (non-hydrogen) atoms. The number of rotatable bonds is 6. The summed E-state index contributed by atoms with van der Waals surface area (Å²) in [4.78, 5) is 36.4. The molecule has 1 aliphatic carbocycles. The molecule has 1 aliphatic heterocycles. The second-order valence-corrected chi connectivity index (χ2v) is 7.24. The van der Waals surface area contributed by atoms with E-state index in [1.807, 2.05) is 18.2 Å². The van der Waals surface area contributed by atoms with Crippen molar-refractivity contribution >= 4 is 17.5 Å². The molecular weight excluding hydrogens is 376 g/mol. The van der Waals surface area contributed by atoms with Crippen molar-refractivity contribution < 1.29 is 24.4 Å². The maximum Gasteiger partial charge on any atom is 0.282 e. The van der Waals surface area contributed by atoms with E-state index in [0.29, 0.717) is 0 Å². The molecule has 2 aromatic rings. The van der Waals surface area contributed by atoms with Crippen LogP contribution in [0.1, 0.15) is 50.8 Å². The highest BCUT2D eigenvalue weighted by molar-refractivity contribution is 6.23. The van der Waals surface area contributed by atoms with Crippen LogP contribution in [0.25, 0.3) is 0 Å². The third kappa shape index (κ3) is 3.52. The fourth-order valence-electron chi connectivity index (χ4n) is 4.01. The summed E-state index contributed by atoms with van der Waals surface area (Å²) in [6, 6.07) is 11.9. The molecule has 2 aliphatic rings. The third-order valence-electron chi connectivity index (χ3n) is 5.37. The van der Waals surface area contributed by atoms with E-state index >= 15 is 0 Å². The van der Waals surface area contributed by atoms with Crippen LogP contribution < -0.4 is 0 Å². The number of carbonyl (C=O) groups is 2. The number of fused-ring (bicyclic) bond motifs is 2. The first kappa shape index (κ1) is 19.2. The smallest absolute Gasteiger partial charge is 0.282 e. The molecule has 0 bridgehead atoms. The van der Waals surface area contributed by atoms with Gasteiger partial charge in [-0.05, 0) is 36.5 Å². The molecule has 0 radical (unpaired) electrons. The van der Waals surface area contributed by atoms with Crippen molar-refractivity contribution in [2.24, 2.45) is 0 Å². The van der Waals surface area contributed by atoms with Gasteiger partial charge in [-0.2, -0.15) is 0 Å². The van der Waals surface area contributed by atoms with Gasteiger partial charge in [0.1, 0.15) is 5.56 Å². The van der Waals surface area contributed by atoms with E-state index in [-0.39, 0.29) is 30.4 Å². The molecule has 0 saturated heterocycles. The molecule has 8 nitrogen and oxygen atoms in total. The van der Waals surface area contributed by atoms with Crippen LogP contribution >= 0.6 is 0 Å². The number of hydrogen-bond acceptors (Lipinski definition) is 6. The Morgan fingerprint density at radius 1 is 1.17 bits per heavy atom. The summed E-state index contributed by atoms with van der Waals surface area (Å²) in [5, 5.41) is 21.6. The number of aliphatic hydroxyl groups excluding tert-OH is 1. The van der Waals surface area contributed by atoms with Crippen LogP contribution in [0.5, 0.6) is 0 Å². The molecule has 0 saturated carbocycles. The Kier molecular flexibility index (Phi) is 5.12. The number of nitro groups is 1. The first-order chi connectivity index (χ1) is 14.0. The van der Waals surface area contributed by atoms with E-state index in [9.17, 15) is 24.8 Å². The molecule has 2 amide bonds. The number of carbonyl (C=O) groups excluding carboxylic acids is 2. The van der Waals surface area contributed by atoms with Crippen molar-refractivity contribution in [1.82, 2.24) is 4.90 Å². The van der Waals surface area contributed by atoms with Crippen molar-refractivity contribution in [2.75, 3.05) is 13.2 Å². The van der Waals surface area contributed by atoms with Gasteiger partial charge in [0, 0.05) is 6.07 Å². The van der Waals surface area contributed by atoms with Crippen LogP contribution in [-0.2, 0) is 11.2 Å². The number of aryl methyl sites for hydroxylation is 1. The zero-order valence-electron chi connectivity index (χ0n) is 15.6. The monoisotopic (exact) mass is 396 g/mol. The van der Waals surface area contributed by atoms with Crippen LogP contribution in [0.3, 0.4) is 0 Å². The summed E-state index contributed by atoms with van der Waals surface area (Å²) < 4.78 is 5.88. The Labute approximate surface area is 166 Å². The molecule has 1 heterocycles. The Morgan fingerprint density at radius 3 is 2.76 bits per heavy atom. The Hall–Kier alpha value is -3.10. The second-order valence-electron chi connectivity index (χ2n) is 7.24. The molecule has 0 unspecified atom stereocenters. The third-order valence-corrected chi connectivity index (χ3v) is 5.37. The number of nitrogens with zero attached hydrogens (tertiary/aromatic N) is 2. The van der Waals surface area contributed by atoms with Crippen LogP contribution in [0.4, 0.5) is 5.69 Å². The number of amides is 2. The predicted octanol–water partition coefficient (Wildman–Crippen LogP) is 2.65. The summed E-state index contributed by atoms with van der Waals surface area (Å²) in [6.07, 6.45) is 1.58. The number of imide groups is 1. The molecule has 0 fully saturated rings. The topological polar surface area (TPSA) is 110 Å². The van der Waals surface area contributed by atoms with Crippen molar-refractivity contribution in [3.8, 4) is 0 Å². The van der Waals surface area contributed by atoms with E-state index < -0.39 is 28.5 Å². The van der Waals surface area contributed by atoms with Gasteiger partial charge in [-0.15, -0.1) is 0 Å². The summed E-state index contributed by atoms with van der Waals surface area (Å²) in [5.41, 5.74) is 1.68. The molecule has 150 valence electrons. The van der Waals surface area contributed by atoms with Crippen molar-refractivity contribution in [1.29, 1.82) is 0 Å². The van der Waals surface area contributed by atoms with Crippen LogP contribution in [0.15, 0.2) is 42.5 Å².